The fourth-order valence-electron chi connectivity index (χ4n) is 1.62. The van der Waals surface area contributed by atoms with Crippen LogP contribution in [-0.4, -0.2) is 15.0 Å². The molecule has 17 heavy (non-hydrogen) atoms. The first-order valence-electron chi connectivity index (χ1n) is 5.56. The molecule has 1 N–H and O–H groups in total. The van der Waals surface area contributed by atoms with Gasteiger partial charge in [-0.15, -0.1) is 11.3 Å². The number of anilines is 1. The van der Waals surface area contributed by atoms with Crippen LogP contribution in [0.3, 0.4) is 0 Å². The minimum Gasteiger partial charge on any atom is -0.345 e. The third-order valence-corrected chi connectivity index (χ3v) is 3.43. The Labute approximate surface area is 105 Å². The van der Waals surface area contributed by atoms with Gasteiger partial charge in [0, 0.05) is 22.5 Å². The molecule has 2 heterocycles. The first-order valence-corrected chi connectivity index (χ1v) is 6.37. The van der Waals surface area contributed by atoms with Crippen molar-refractivity contribution in [3.8, 4) is 0 Å². The fraction of sp³-hybridized carbons (Fsp3) is 0.417. The first kappa shape index (κ1) is 12.0. The van der Waals surface area contributed by atoms with Gasteiger partial charge in [0.2, 0.25) is 5.95 Å². The molecule has 0 aliphatic carbocycles. The highest BCUT2D eigenvalue weighted by Gasteiger charge is 2.10. The Kier molecular flexibility index (Phi) is 3.38. The van der Waals surface area contributed by atoms with E-state index >= 15 is 0 Å². The maximum atomic E-state index is 4.36. The SMILES string of the molecule is Cc1cc(C)nc(NC(C)c2ncc(C)s2)n1. The Hall–Kier alpha value is -1.49. The van der Waals surface area contributed by atoms with Crippen LogP contribution in [-0.2, 0) is 0 Å². The predicted molar refractivity (Wildman–Crippen MR) is 70.4 cm³/mol. The van der Waals surface area contributed by atoms with Crippen molar-refractivity contribution in [3.63, 3.8) is 0 Å². The van der Waals surface area contributed by atoms with Gasteiger partial charge in [-0.2, -0.15) is 0 Å². The maximum Gasteiger partial charge on any atom is 0.223 e. The van der Waals surface area contributed by atoms with Crippen molar-refractivity contribution in [2.75, 3.05) is 5.32 Å². The number of rotatable bonds is 3. The van der Waals surface area contributed by atoms with E-state index in [1.165, 1.54) is 4.88 Å². The second-order valence-electron chi connectivity index (χ2n) is 4.15. The van der Waals surface area contributed by atoms with E-state index in [4.69, 9.17) is 0 Å². The summed E-state index contributed by atoms with van der Waals surface area (Å²) in [4.78, 5) is 14.3. The molecule has 0 aliphatic heterocycles. The van der Waals surface area contributed by atoms with Crippen molar-refractivity contribution < 1.29 is 0 Å². The zero-order chi connectivity index (χ0) is 12.4. The molecule has 5 heteroatoms. The zero-order valence-electron chi connectivity index (χ0n) is 10.5. The Balaban J connectivity index is 2.15. The van der Waals surface area contributed by atoms with Gasteiger partial charge in [0.25, 0.3) is 0 Å². The number of hydrogen-bond acceptors (Lipinski definition) is 5. The molecule has 1 unspecified atom stereocenters. The Morgan fingerprint density at radius 2 is 1.82 bits per heavy atom. The highest BCUT2D eigenvalue weighted by molar-refractivity contribution is 7.11. The molecule has 0 radical (unpaired) electrons. The smallest absolute Gasteiger partial charge is 0.223 e. The van der Waals surface area contributed by atoms with E-state index in [-0.39, 0.29) is 6.04 Å². The van der Waals surface area contributed by atoms with E-state index in [2.05, 4.69) is 34.1 Å². The number of hydrogen-bond donors (Lipinski definition) is 1. The summed E-state index contributed by atoms with van der Waals surface area (Å²) in [6.07, 6.45) is 1.89. The van der Waals surface area contributed by atoms with Crippen LogP contribution in [0.25, 0.3) is 0 Å². The lowest BCUT2D eigenvalue weighted by atomic mass is 10.3. The number of aromatic nitrogens is 3. The lowest BCUT2D eigenvalue weighted by molar-refractivity contribution is 0.841. The second-order valence-corrected chi connectivity index (χ2v) is 5.42. The number of nitrogens with one attached hydrogen (secondary N) is 1. The molecule has 0 amide bonds. The Bertz CT molecular complexity index is 501. The van der Waals surface area contributed by atoms with Crippen molar-refractivity contribution >= 4 is 17.3 Å². The molecule has 2 rings (SSSR count). The third-order valence-electron chi connectivity index (χ3n) is 2.34. The average Bonchev–Trinajstić information content (AvgIpc) is 2.63. The molecule has 2 aromatic rings. The van der Waals surface area contributed by atoms with E-state index in [0.29, 0.717) is 5.95 Å². The molecule has 0 aliphatic rings. The maximum absolute atomic E-state index is 4.36. The molecule has 2 aromatic heterocycles. The van der Waals surface area contributed by atoms with E-state index in [1.54, 1.807) is 11.3 Å². The molecule has 0 spiro atoms. The summed E-state index contributed by atoms with van der Waals surface area (Å²) in [6.45, 7) is 8.07. The van der Waals surface area contributed by atoms with E-state index in [9.17, 15) is 0 Å². The third kappa shape index (κ3) is 3.00. The fourth-order valence-corrected chi connectivity index (χ4v) is 2.39. The molecule has 0 saturated heterocycles. The first-order chi connectivity index (χ1) is 8.04. The van der Waals surface area contributed by atoms with Gasteiger partial charge in [0.1, 0.15) is 5.01 Å². The molecule has 0 bridgehead atoms. The number of thiazole rings is 1. The lowest BCUT2D eigenvalue weighted by Crippen LogP contribution is -2.10. The van der Waals surface area contributed by atoms with Gasteiger partial charge in [-0.25, -0.2) is 15.0 Å². The van der Waals surface area contributed by atoms with Gasteiger partial charge in [0.15, 0.2) is 0 Å². The van der Waals surface area contributed by atoms with Crippen LogP contribution in [0.1, 0.15) is 34.2 Å². The van der Waals surface area contributed by atoms with Gasteiger partial charge in [-0.1, -0.05) is 0 Å². The second kappa shape index (κ2) is 4.79. The summed E-state index contributed by atoms with van der Waals surface area (Å²) in [5, 5.41) is 4.34. The summed E-state index contributed by atoms with van der Waals surface area (Å²) in [6, 6.07) is 2.10. The molecule has 90 valence electrons. The summed E-state index contributed by atoms with van der Waals surface area (Å²) in [5.41, 5.74) is 1.95. The normalized spacial score (nSPS) is 12.5. The zero-order valence-corrected chi connectivity index (χ0v) is 11.3. The van der Waals surface area contributed by atoms with Gasteiger partial charge in [0.05, 0.1) is 6.04 Å². The lowest BCUT2D eigenvalue weighted by Gasteiger charge is -2.11. The van der Waals surface area contributed by atoms with Crippen molar-refractivity contribution in [3.05, 3.63) is 33.5 Å². The molecule has 0 fully saturated rings. The molecule has 4 nitrogen and oxygen atoms in total. The summed E-state index contributed by atoms with van der Waals surface area (Å²) >= 11 is 1.69. The molecular weight excluding hydrogens is 232 g/mol. The summed E-state index contributed by atoms with van der Waals surface area (Å²) in [7, 11) is 0. The minimum absolute atomic E-state index is 0.134. The van der Waals surface area contributed by atoms with Crippen molar-refractivity contribution in [2.24, 2.45) is 0 Å². The highest BCUT2D eigenvalue weighted by Crippen LogP contribution is 2.21. The molecule has 0 aromatic carbocycles. The summed E-state index contributed by atoms with van der Waals surface area (Å²) < 4.78 is 0. The van der Waals surface area contributed by atoms with E-state index in [0.717, 1.165) is 16.4 Å². The van der Waals surface area contributed by atoms with Crippen LogP contribution >= 0.6 is 11.3 Å². The standard InChI is InChI=1S/C12H16N4S/c1-7-5-8(2)15-12(14-7)16-10(4)11-13-6-9(3)17-11/h5-6,10H,1-4H3,(H,14,15,16). The molecular formula is C12H16N4S. The minimum atomic E-state index is 0.134. The van der Waals surface area contributed by atoms with Gasteiger partial charge in [-0.05, 0) is 33.8 Å². The average molecular weight is 248 g/mol. The quantitative estimate of drug-likeness (QED) is 0.907. The summed E-state index contributed by atoms with van der Waals surface area (Å²) in [5.74, 6) is 0.669. The number of nitrogens with zero attached hydrogens (tertiary/aromatic N) is 3. The number of aryl methyl sites for hydroxylation is 3. The molecule has 1 atom stereocenters. The van der Waals surface area contributed by atoms with E-state index in [1.807, 2.05) is 26.1 Å². The van der Waals surface area contributed by atoms with Crippen molar-refractivity contribution in [1.29, 1.82) is 0 Å². The van der Waals surface area contributed by atoms with Gasteiger partial charge < -0.3 is 5.32 Å². The largest absolute Gasteiger partial charge is 0.345 e. The van der Waals surface area contributed by atoms with Crippen LogP contribution in [0.4, 0.5) is 5.95 Å². The van der Waals surface area contributed by atoms with Crippen LogP contribution in [0.2, 0.25) is 0 Å². The Morgan fingerprint density at radius 3 is 2.35 bits per heavy atom. The van der Waals surface area contributed by atoms with Crippen molar-refractivity contribution in [1.82, 2.24) is 15.0 Å². The van der Waals surface area contributed by atoms with Crippen molar-refractivity contribution in [2.45, 2.75) is 33.7 Å². The Morgan fingerprint density at radius 1 is 1.18 bits per heavy atom. The topological polar surface area (TPSA) is 50.7 Å². The van der Waals surface area contributed by atoms with Gasteiger partial charge in [-0.3, -0.25) is 0 Å². The van der Waals surface area contributed by atoms with E-state index < -0.39 is 0 Å². The highest BCUT2D eigenvalue weighted by atomic mass is 32.1. The van der Waals surface area contributed by atoms with Crippen LogP contribution in [0.15, 0.2) is 12.3 Å². The van der Waals surface area contributed by atoms with Gasteiger partial charge >= 0.3 is 0 Å². The van der Waals surface area contributed by atoms with Crippen LogP contribution < -0.4 is 5.32 Å². The monoisotopic (exact) mass is 248 g/mol. The molecule has 0 saturated carbocycles. The van der Waals surface area contributed by atoms with Crippen LogP contribution in [0.5, 0.6) is 0 Å². The van der Waals surface area contributed by atoms with Crippen LogP contribution in [0, 0.1) is 20.8 Å². The predicted octanol–water partition coefficient (Wildman–Crippen LogP) is 3.03.